The monoisotopic (exact) mass is 895 g/mol. The van der Waals surface area contributed by atoms with E-state index in [0.29, 0.717) is 19.3 Å². The zero-order chi connectivity index (χ0) is 46.5. The topological polar surface area (TPSA) is 78.9 Å². The molecule has 6 heteroatoms. The van der Waals surface area contributed by atoms with Crippen LogP contribution in [0, 0.1) is 0 Å². The van der Waals surface area contributed by atoms with Crippen LogP contribution in [0.25, 0.3) is 0 Å². The lowest BCUT2D eigenvalue weighted by molar-refractivity contribution is -0.167. The number of allylic oxidation sites excluding steroid dienone is 10. The molecule has 0 aromatic rings. The van der Waals surface area contributed by atoms with Crippen LogP contribution in [0.4, 0.5) is 0 Å². The smallest absolute Gasteiger partial charge is 0.306 e. The number of carbonyl (C=O) groups excluding carboxylic acids is 3. The highest BCUT2D eigenvalue weighted by molar-refractivity contribution is 5.71. The third-order valence-electron chi connectivity index (χ3n) is 11.7. The van der Waals surface area contributed by atoms with Crippen LogP contribution in [0.15, 0.2) is 60.8 Å². The van der Waals surface area contributed by atoms with Gasteiger partial charge >= 0.3 is 17.9 Å². The summed E-state index contributed by atoms with van der Waals surface area (Å²) in [7, 11) is 0. The number of carbonyl (C=O) groups is 3. The van der Waals surface area contributed by atoms with Crippen LogP contribution in [-0.2, 0) is 28.6 Å². The maximum atomic E-state index is 12.8. The Labute approximate surface area is 396 Å². The Morgan fingerprint density at radius 2 is 0.562 bits per heavy atom. The Morgan fingerprint density at radius 3 is 0.953 bits per heavy atom. The molecule has 0 saturated carbocycles. The summed E-state index contributed by atoms with van der Waals surface area (Å²) in [5.41, 5.74) is 0. The number of hydrogen-bond acceptors (Lipinski definition) is 6. The Kier molecular flexibility index (Phi) is 50.4. The molecule has 0 aromatic heterocycles. The van der Waals surface area contributed by atoms with E-state index in [0.717, 1.165) is 83.5 Å². The molecule has 0 heterocycles. The Bertz CT molecular complexity index is 1170. The fraction of sp³-hybridized carbons (Fsp3) is 0.776. The van der Waals surface area contributed by atoms with Crippen LogP contribution in [0.1, 0.15) is 271 Å². The third-order valence-corrected chi connectivity index (χ3v) is 11.7. The second-order valence-electron chi connectivity index (χ2n) is 18.1. The van der Waals surface area contributed by atoms with E-state index in [4.69, 9.17) is 14.2 Å². The fourth-order valence-electron chi connectivity index (χ4n) is 7.60. The number of unbranched alkanes of at least 4 members (excludes halogenated alkanes) is 28. The zero-order valence-corrected chi connectivity index (χ0v) is 42.3. The number of hydrogen-bond donors (Lipinski definition) is 0. The molecular formula is C58H102O6. The van der Waals surface area contributed by atoms with Gasteiger partial charge in [-0.15, -0.1) is 0 Å². The molecule has 0 saturated heterocycles. The summed E-state index contributed by atoms with van der Waals surface area (Å²) in [5, 5.41) is 0. The lowest BCUT2D eigenvalue weighted by Gasteiger charge is -2.18. The predicted molar refractivity (Wildman–Crippen MR) is 275 cm³/mol. The van der Waals surface area contributed by atoms with Gasteiger partial charge in [-0.25, -0.2) is 0 Å². The minimum Gasteiger partial charge on any atom is -0.462 e. The largest absolute Gasteiger partial charge is 0.462 e. The van der Waals surface area contributed by atoms with Crippen molar-refractivity contribution in [2.75, 3.05) is 13.2 Å². The first-order valence-electron chi connectivity index (χ1n) is 27.3. The summed E-state index contributed by atoms with van der Waals surface area (Å²) in [4.78, 5) is 38.0. The molecule has 0 fully saturated rings. The lowest BCUT2D eigenvalue weighted by atomic mass is 10.0. The molecule has 370 valence electrons. The van der Waals surface area contributed by atoms with Gasteiger partial charge in [-0.05, 0) is 89.9 Å². The Hall–Kier alpha value is -2.89. The minimum absolute atomic E-state index is 0.0848. The molecular weight excluding hydrogens is 793 g/mol. The molecule has 0 unspecified atom stereocenters. The van der Waals surface area contributed by atoms with Crippen molar-refractivity contribution in [2.45, 2.75) is 277 Å². The molecule has 0 radical (unpaired) electrons. The van der Waals surface area contributed by atoms with Gasteiger partial charge in [-0.3, -0.25) is 14.4 Å². The first-order chi connectivity index (χ1) is 31.5. The van der Waals surface area contributed by atoms with E-state index in [1.165, 1.54) is 148 Å². The molecule has 0 amide bonds. The quantitative estimate of drug-likeness (QED) is 0.0262. The summed E-state index contributed by atoms with van der Waals surface area (Å²) < 4.78 is 16.8. The van der Waals surface area contributed by atoms with Crippen molar-refractivity contribution in [1.29, 1.82) is 0 Å². The number of ether oxygens (including phenoxy) is 3. The first-order valence-corrected chi connectivity index (χ1v) is 27.3. The van der Waals surface area contributed by atoms with Crippen molar-refractivity contribution < 1.29 is 28.6 Å². The molecule has 0 aliphatic rings. The van der Waals surface area contributed by atoms with E-state index in [1.54, 1.807) is 0 Å². The van der Waals surface area contributed by atoms with Gasteiger partial charge in [0.15, 0.2) is 6.10 Å². The van der Waals surface area contributed by atoms with Crippen LogP contribution < -0.4 is 0 Å². The average molecular weight is 895 g/mol. The average Bonchev–Trinajstić information content (AvgIpc) is 3.29. The molecule has 0 N–H and O–H groups in total. The second-order valence-corrected chi connectivity index (χ2v) is 18.1. The van der Waals surface area contributed by atoms with Gasteiger partial charge < -0.3 is 14.2 Å². The maximum Gasteiger partial charge on any atom is 0.306 e. The summed E-state index contributed by atoms with van der Waals surface area (Å²) >= 11 is 0. The molecule has 0 rings (SSSR count). The van der Waals surface area contributed by atoms with Crippen molar-refractivity contribution in [3.8, 4) is 0 Å². The van der Waals surface area contributed by atoms with Crippen molar-refractivity contribution in [3.05, 3.63) is 60.8 Å². The third kappa shape index (κ3) is 50.1. The molecule has 0 spiro atoms. The number of rotatable bonds is 49. The molecule has 0 aliphatic carbocycles. The maximum absolute atomic E-state index is 12.8. The van der Waals surface area contributed by atoms with Crippen molar-refractivity contribution >= 4 is 17.9 Å². The molecule has 0 aliphatic heterocycles. The van der Waals surface area contributed by atoms with E-state index in [9.17, 15) is 14.4 Å². The van der Waals surface area contributed by atoms with E-state index >= 15 is 0 Å². The standard InChI is InChI=1S/C58H102O6/c1-4-7-10-13-16-19-22-25-27-28-29-30-32-34-37-39-42-45-48-51-57(60)63-54-55(64-58(61)52-49-46-43-40-35-24-21-18-15-12-9-6-3)53-62-56(59)50-47-44-41-38-36-33-31-26-23-20-17-14-11-8-5-2/h16,19-20,23,25,27,29-30,34,37,55H,4-15,17-18,21-22,24,26,28,31-33,35-36,38-54H2,1-3H3/b19-16-,23-20-,27-25-,30-29-,37-34-/t55-/m0/s1. The Balaban J connectivity index is 4.40. The van der Waals surface area contributed by atoms with E-state index < -0.39 is 6.10 Å². The van der Waals surface area contributed by atoms with E-state index in [-0.39, 0.29) is 31.1 Å². The normalized spacial score (nSPS) is 12.5. The molecule has 6 nitrogen and oxygen atoms in total. The molecule has 0 bridgehead atoms. The van der Waals surface area contributed by atoms with Crippen LogP contribution in [0.5, 0.6) is 0 Å². The van der Waals surface area contributed by atoms with Crippen LogP contribution in [0.2, 0.25) is 0 Å². The van der Waals surface area contributed by atoms with Gasteiger partial charge in [0.1, 0.15) is 13.2 Å². The highest BCUT2D eigenvalue weighted by Crippen LogP contribution is 2.15. The first kappa shape index (κ1) is 61.1. The van der Waals surface area contributed by atoms with E-state index in [2.05, 4.69) is 81.5 Å². The predicted octanol–water partition coefficient (Wildman–Crippen LogP) is 18.0. The summed E-state index contributed by atoms with van der Waals surface area (Å²) in [6, 6.07) is 0. The van der Waals surface area contributed by atoms with Crippen molar-refractivity contribution in [2.24, 2.45) is 0 Å². The van der Waals surface area contributed by atoms with Crippen molar-refractivity contribution in [1.82, 2.24) is 0 Å². The van der Waals surface area contributed by atoms with Gasteiger partial charge in [-0.2, -0.15) is 0 Å². The minimum atomic E-state index is -0.786. The highest BCUT2D eigenvalue weighted by atomic mass is 16.6. The van der Waals surface area contributed by atoms with Gasteiger partial charge in [0.05, 0.1) is 0 Å². The fourth-order valence-corrected chi connectivity index (χ4v) is 7.60. The molecule has 1 atom stereocenters. The summed E-state index contributed by atoms with van der Waals surface area (Å²) in [6.07, 6.45) is 64.8. The lowest BCUT2D eigenvalue weighted by Crippen LogP contribution is -2.30. The van der Waals surface area contributed by atoms with Crippen LogP contribution >= 0.6 is 0 Å². The van der Waals surface area contributed by atoms with Gasteiger partial charge in [0.2, 0.25) is 0 Å². The number of esters is 3. The molecule has 0 aromatic carbocycles. The van der Waals surface area contributed by atoms with Gasteiger partial charge in [-0.1, -0.05) is 223 Å². The van der Waals surface area contributed by atoms with Gasteiger partial charge in [0.25, 0.3) is 0 Å². The van der Waals surface area contributed by atoms with Crippen LogP contribution in [0.3, 0.4) is 0 Å². The molecule has 64 heavy (non-hydrogen) atoms. The van der Waals surface area contributed by atoms with Crippen LogP contribution in [-0.4, -0.2) is 37.2 Å². The zero-order valence-electron chi connectivity index (χ0n) is 42.3. The van der Waals surface area contributed by atoms with Crippen molar-refractivity contribution in [3.63, 3.8) is 0 Å². The second kappa shape index (κ2) is 52.7. The Morgan fingerprint density at radius 1 is 0.312 bits per heavy atom. The summed E-state index contributed by atoms with van der Waals surface area (Å²) in [5.74, 6) is -0.913. The summed E-state index contributed by atoms with van der Waals surface area (Å²) in [6.45, 7) is 6.58. The van der Waals surface area contributed by atoms with Gasteiger partial charge in [0, 0.05) is 19.3 Å². The highest BCUT2D eigenvalue weighted by Gasteiger charge is 2.19. The SMILES string of the molecule is CCCCC/C=C\C/C=C\C/C=C\C/C=C\CCCCCC(=O)OC[C@H](COC(=O)CCCCCCCCC/C=C\CCCCCC)OC(=O)CCCCCCCCCCCCCC. The van der Waals surface area contributed by atoms with E-state index in [1.807, 2.05) is 0 Å².